The molecule has 0 aliphatic rings. The number of aliphatic carboxylic acids is 1. The fourth-order valence-corrected chi connectivity index (χ4v) is 1.73. The first-order chi connectivity index (χ1) is 8.54. The van der Waals surface area contributed by atoms with Crippen LogP contribution in [0.1, 0.15) is 31.0 Å². The van der Waals surface area contributed by atoms with Gasteiger partial charge in [0.1, 0.15) is 6.04 Å². The lowest BCUT2D eigenvalue weighted by Gasteiger charge is -2.17. The van der Waals surface area contributed by atoms with Gasteiger partial charge in [-0.2, -0.15) is 0 Å². The summed E-state index contributed by atoms with van der Waals surface area (Å²) in [6, 6.07) is 6.82. The van der Waals surface area contributed by atoms with Crippen molar-refractivity contribution in [3.63, 3.8) is 0 Å². The normalized spacial score (nSPS) is 12.7. The first-order valence-electron chi connectivity index (χ1n) is 6.08. The standard InChI is InChI=1S/C14H21NO3/c1-10(2)8-15-13(14(16)17)12-6-4-5-11(7-12)9-18-3/h4-7,10,13,15H,8-9H2,1-3H3,(H,16,17). The molecule has 100 valence electrons. The minimum atomic E-state index is -0.856. The van der Waals surface area contributed by atoms with Crippen molar-refractivity contribution in [3.8, 4) is 0 Å². The molecule has 0 saturated carbocycles. The van der Waals surface area contributed by atoms with E-state index in [9.17, 15) is 9.90 Å². The summed E-state index contributed by atoms with van der Waals surface area (Å²) in [4.78, 5) is 11.3. The van der Waals surface area contributed by atoms with Crippen molar-refractivity contribution in [1.82, 2.24) is 5.32 Å². The average molecular weight is 251 g/mol. The predicted octanol–water partition coefficient (Wildman–Crippen LogP) is 2.20. The van der Waals surface area contributed by atoms with Gasteiger partial charge in [0.15, 0.2) is 0 Å². The Kier molecular flexibility index (Phi) is 5.82. The van der Waals surface area contributed by atoms with E-state index in [1.54, 1.807) is 7.11 Å². The van der Waals surface area contributed by atoms with Crippen LogP contribution >= 0.6 is 0 Å². The number of carbonyl (C=O) groups is 1. The van der Waals surface area contributed by atoms with Crippen molar-refractivity contribution >= 4 is 5.97 Å². The zero-order valence-electron chi connectivity index (χ0n) is 11.1. The van der Waals surface area contributed by atoms with Gasteiger partial charge in [0.25, 0.3) is 0 Å². The molecule has 0 aromatic heterocycles. The van der Waals surface area contributed by atoms with Gasteiger partial charge in [-0.05, 0) is 23.6 Å². The topological polar surface area (TPSA) is 58.6 Å². The highest BCUT2D eigenvalue weighted by atomic mass is 16.5. The second-order valence-corrected chi connectivity index (χ2v) is 4.75. The van der Waals surface area contributed by atoms with Crippen molar-refractivity contribution in [2.45, 2.75) is 26.5 Å². The molecule has 0 bridgehead atoms. The van der Waals surface area contributed by atoms with Crippen molar-refractivity contribution in [1.29, 1.82) is 0 Å². The summed E-state index contributed by atoms with van der Waals surface area (Å²) in [6.07, 6.45) is 0. The molecule has 0 amide bonds. The third kappa shape index (κ3) is 4.47. The Morgan fingerprint density at radius 3 is 2.72 bits per heavy atom. The Bertz CT molecular complexity index is 390. The molecule has 1 aromatic carbocycles. The number of hydrogen-bond donors (Lipinski definition) is 2. The maximum absolute atomic E-state index is 11.3. The van der Waals surface area contributed by atoms with Crippen LogP contribution in [-0.2, 0) is 16.1 Å². The van der Waals surface area contributed by atoms with E-state index in [2.05, 4.69) is 5.32 Å². The van der Waals surface area contributed by atoms with Crippen LogP contribution in [-0.4, -0.2) is 24.7 Å². The van der Waals surface area contributed by atoms with Crippen LogP contribution < -0.4 is 5.32 Å². The van der Waals surface area contributed by atoms with Gasteiger partial charge in [0, 0.05) is 7.11 Å². The number of carboxylic acid groups (broad SMARTS) is 1. The molecule has 0 heterocycles. The van der Waals surface area contributed by atoms with Crippen LogP contribution in [0.4, 0.5) is 0 Å². The molecule has 0 aliphatic heterocycles. The van der Waals surface area contributed by atoms with Crippen molar-refractivity contribution in [2.75, 3.05) is 13.7 Å². The Hall–Kier alpha value is -1.39. The molecule has 1 aromatic rings. The quantitative estimate of drug-likeness (QED) is 0.780. The summed E-state index contributed by atoms with van der Waals surface area (Å²) < 4.78 is 5.05. The van der Waals surface area contributed by atoms with Crippen LogP contribution in [0.25, 0.3) is 0 Å². The summed E-state index contributed by atoms with van der Waals surface area (Å²) in [7, 11) is 1.62. The summed E-state index contributed by atoms with van der Waals surface area (Å²) in [5.74, 6) is -0.445. The third-order valence-corrected chi connectivity index (χ3v) is 2.57. The Morgan fingerprint density at radius 1 is 1.44 bits per heavy atom. The lowest BCUT2D eigenvalue weighted by Crippen LogP contribution is -2.31. The molecule has 2 N–H and O–H groups in total. The maximum atomic E-state index is 11.3. The lowest BCUT2D eigenvalue weighted by atomic mass is 10.0. The number of benzene rings is 1. The highest BCUT2D eigenvalue weighted by Crippen LogP contribution is 2.16. The van der Waals surface area contributed by atoms with Crippen LogP contribution in [0.2, 0.25) is 0 Å². The summed E-state index contributed by atoms with van der Waals surface area (Å²) in [5, 5.41) is 12.3. The van der Waals surface area contributed by atoms with Gasteiger partial charge in [-0.1, -0.05) is 38.1 Å². The van der Waals surface area contributed by atoms with Gasteiger partial charge < -0.3 is 15.2 Å². The predicted molar refractivity (Wildman–Crippen MR) is 70.4 cm³/mol. The zero-order valence-corrected chi connectivity index (χ0v) is 11.1. The summed E-state index contributed by atoms with van der Waals surface area (Å²) in [6.45, 7) is 5.26. The molecule has 4 nitrogen and oxygen atoms in total. The molecule has 0 spiro atoms. The second-order valence-electron chi connectivity index (χ2n) is 4.75. The Morgan fingerprint density at radius 2 is 2.17 bits per heavy atom. The van der Waals surface area contributed by atoms with E-state index < -0.39 is 12.0 Å². The zero-order chi connectivity index (χ0) is 13.5. The molecule has 0 aliphatic carbocycles. The highest BCUT2D eigenvalue weighted by molar-refractivity contribution is 5.75. The molecule has 1 atom stereocenters. The van der Waals surface area contributed by atoms with E-state index in [1.165, 1.54) is 0 Å². The van der Waals surface area contributed by atoms with Gasteiger partial charge in [0.05, 0.1) is 6.61 Å². The average Bonchev–Trinajstić information content (AvgIpc) is 2.29. The van der Waals surface area contributed by atoms with Gasteiger partial charge in [-0.25, -0.2) is 0 Å². The van der Waals surface area contributed by atoms with Crippen LogP contribution in [0.15, 0.2) is 24.3 Å². The second kappa shape index (κ2) is 7.13. The lowest BCUT2D eigenvalue weighted by molar-refractivity contribution is -0.139. The van der Waals surface area contributed by atoms with Gasteiger partial charge in [-0.15, -0.1) is 0 Å². The number of hydrogen-bond acceptors (Lipinski definition) is 3. The first-order valence-corrected chi connectivity index (χ1v) is 6.08. The molecule has 18 heavy (non-hydrogen) atoms. The van der Waals surface area contributed by atoms with E-state index in [1.807, 2.05) is 38.1 Å². The number of methoxy groups -OCH3 is 1. The van der Waals surface area contributed by atoms with E-state index in [0.717, 1.165) is 11.1 Å². The molecule has 0 fully saturated rings. The van der Waals surface area contributed by atoms with E-state index in [-0.39, 0.29) is 0 Å². The van der Waals surface area contributed by atoms with E-state index >= 15 is 0 Å². The molecule has 0 radical (unpaired) electrons. The van der Waals surface area contributed by atoms with E-state index in [0.29, 0.717) is 19.1 Å². The van der Waals surface area contributed by atoms with Crippen LogP contribution in [0.3, 0.4) is 0 Å². The fraction of sp³-hybridized carbons (Fsp3) is 0.500. The number of nitrogens with one attached hydrogen (secondary N) is 1. The number of ether oxygens (including phenoxy) is 1. The van der Waals surface area contributed by atoms with Gasteiger partial charge in [-0.3, -0.25) is 4.79 Å². The third-order valence-electron chi connectivity index (χ3n) is 2.57. The van der Waals surface area contributed by atoms with Gasteiger partial charge in [0.2, 0.25) is 0 Å². The minimum absolute atomic E-state index is 0.411. The number of carboxylic acids is 1. The largest absolute Gasteiger partial charge is 0.480 e. The van der Waals surface area contributed by atoms with Crippen molar-refractivity contribution < 1.29 is 14.6 Å². The highest BCUT2D eigenvalue weighted by Gasteiger charge is 2.19. The van der Waals surface area contributed by atoms with Crippen molar-refractivity contribution in [3.05, 3.63) is 35.4 Å². The Balaban J connectivity index is 2.84. The van der Waals surface area contributed by atoms with Crippen molar-refractivity contribution in [2.24, 2.45) is 5.92 Å². The van der Waals surface area contributed by atoms with Crippen LogP contribution in [0, 0.1) is 5.92 Å². The molecular weight excluding hydrogens is 230 g/mol. The minimum Gasteiger partial charge on any atom is -0.480 e. The molecular formula is C14H21NO3. The van der Waals surface area contributed by atoms with E-state index in [4.69, 9.17) is 4.74 Å². The maximum Gasteiger partial charge on any atom is 0.325 e. The first kappa shape index (κ1) is 14.7. The number of rotatable bonds is 7. The van der Waals surface area contributed by atoms with Crippen LogP contribution in [0.5, 0.6) is 0 Å². The van der Waals surface area contributed by atoms with Gasteiger partial charge >= 0.3 is 5.97 Å². The fourth-order valence-electron chi connectivity index (χ4n) is 1.73. The molecule has 1 unspecified atom stereocenters. The summed E-state index contributed by atoms with van der Waals surface area (Å²) >= 11 is 0. The molecule has 4 heteroatoms. The molecule has 1 rings (SSSR count). The smallest absolute Gasteiger partial charge is 0.325 e. The molecule has 0 saturated heterocycles. The Labute approximate surface area is 108 Å². The monoisotopic (exact) mass is 251 g/mol. The SMILES string of the molecule is COCc1cccc(C(NCC(C)C)C(=O)O)c1. The summed E-state index contributed by atoms with van der Waals surface area (Å²) in [5.41, 5.74) is 1.74.